The summed E-state index contributed by atoms with van der Waals surface area (Å²) >= 11 is 3.45. The van der Waals surface area contributed by atoms with Crippen LogP contribution in [-0.2, 0) is 4.79 Å². The predicted molar refractivity (Wildman–Crippen MR) is 77.2 cm³/mol. The van der Waals surface area contributed by atoms with E-state index in [0.717, 1.165) is 22.9 Å². The molecular formula is C15H18BrNO. The highest BCUT2D eigenvalue weighted by molar-refractivity contribution is 9.10. The van der Waals surface area contributed by atoms with Gasteiger partial charge in [0.1, 0.15) is 0 Å². The Morgan fingerprint density at radius 1 is 1.56 bits per heavy atom. The molecule has 3 heteroatoms. The summed E-state index contributed by atoms with van der Waals surface area (Å²) < 4.78 is 1.04. The van der Waals surface area contributed by atoms with Crippen molar-refractivity contribution in [2.24, 2.45) is 5.92 Å². The minimum atomic E-state index is 0.0559. The number of carbonyl (C=O) groups excluding carboxylic acids is 1. The van der Waals surface area contributed by atoms with Crippen molar-refractivity contribution in [3.8, 4) is 0 Å². The first-order valence-corrected chi connectivity index (χ1v) is 7.16. The summed E-state index contributed by atoms with van der Waals surface area (Å²) in [4.78, 5) is 11.9. The van der Waals surface area contributed by atoms with Crippen LogP contribution in [0.4, 0.5) is 0 Å². The van der Waals surface area contributed by atoms with Gasteiger partial charge in [0.25, 0.3) is 0 Å². The van der Waals surface area contributed by atoms with Gasteiger partial charge in [0.05, 0.1) is 6.04 Å². The standard InChI is InChI=1S/C15H18BrNO/c1-11(13-7-4-8-14(16)10-13)17-15(18)9-12-5-2-3-6-12/h2,4-5,7-8,10-12H,3,6,9H2,1H3,(H,17,18)/t11-,12+/m0/s1. The maximum atomic E-state index is 11.9. The van der Waals surface area contributed by atoms with Gasteiger partial charge in [-0.1, -0.05) is 40.2 Å². The third kappa shape index (κ3) is 3.70. The number of benzene rings is 1. The molecule has 0 aromatic heterocycles. The van der Waals surface area contributed by atoms with Crippen molar-refractivity contribution in [2.75, 3.05) is 0 Å². The smallest absolute Gasteiger partial charge is 0.221 e. The van der Waals surface area contributed by atoms with Gasteiger partial charge in [0.2, 0.25) is 5.91 Å². The van der Waals surface area contributed by atoms with Gasteiger partial charge >= 0.3 is 0 Å². The van der Waals surface area contributed by atoms with Crippen LogP contribution in [0.3, 0.4) is 0 Å². The van der Waals surface area contributed by atoms with Crippen LogP contribution in [0.1, 0.15) is 37.8 Å². The molecule has 96 valence electrons. The summed E-state index contributed by atoms with van der Waals surface area (Å²) in [6.45, 7) is 2.02. The largest absolute Gasteiger partial charge is 0.350 e. The molecule has 0 unspecified atom stereocenters. The summed E-state index contributed by atoms with van der Waals surface area (Å²) in [5.41, 5.74) is 1.12. The third-order valence-electron chi connectivity index (χ3n) is 3.29. The fourth-order valence-electron chi connectivity index (χ4n) is 2.26. The first kappa shape index (κ1) is 13.3. The van der Waals surface area contributed by atoms with E-state index in [1.54, 1.807) is 0 Å². The number of carbonyl (C=O) groups is 1. The molecule has 0 bridgehead atoms. The topological polar surface area (TPSA) is 29.1 Å². The van der Waals surface area contributed by atoms with Gasteiger partial charge in [-0.15, -0.1) is 0 Å². The normalized spacial score (nSPS) is 19.8. The lowest BCUT2D eigenvalue weighted by atomic mass is 10.0. The van der Waals surface area contributed by atoms with Gasteiger partial charge in [-0.3, -0.25) is 4.79 Å². The van der Waals surface area contributed by atoms with Crippen LogP contribution < -0.4 is 5.32 Å². The second-order valence-electron chi connectivity index (χ2n) is 4.81. The van der Waals surface area contributed by atoms with Gasteiger partial charge in [-0.25, -0.2) is 0 Å². The SMILES string of the molecule is C[C@H](NC(=O)C[C@@H]1C=CCC1)c1cccc(Br)c1. The molecule has 1 aliphatic carbocycles. The number of halogens is 1. The van der Waals surface area contributed by atoms with Gasteiger partial charge in [0, 0.05) is 10.9 Å². The van der Waals surface area contributed by atoms with E-state index in [1.807, 2.05) is 31.2 Å². The Labute approximate surface area is 117 Å². The number of amides is 1. The average molecular weight is 308 g/mol. The van der Waals surface area contributed by atoms with E-state index in [9.17, 15) is 4.79 Å². The van der Waals surface area contributed by atoms with Gasteiger partial charge in [0.15, 0.2) is 0 Å². The van der Waals surface area contributed by atoms with E-state index in [4.69, 9.17) is 0 Å². The molecule has 0 fully saturated rings. The Balaban J connectivity index is 1.88. The second kappa shape index (κ2) is 6.19. The lowest BCUT2D eigenvalue weighted by molar-refractivity contribution is -0.122. The Hall–Kier alpha value is -1.09. The van der Waals surface area contributed by atoms with Crippen LogP contribution in [0.15, 0.2) is 40.9 Å². The predicted octanol–water partition coefficient (Wildman–Crippen LogP) is 3.98. The molecule has 0 saturated carbocycles. The highest BCUT2D eigenvalue weighted by Crippen LogP contribution is 2.21. The van der Waals surface area contributed by atoms with Crippen LogP contribution in [-0.4, -0.2) is 5.91 Å². The summed E-state index contributed by atoms with van der Waals surface area (Å²) in [6.07, 6.45) is 7.14. The van der Waals surface area contributed by atoms with Crippen molar-refractivity contribution < 1.29 is 4.79 Å². The molecule has 0 radical (unpaired) electrons. The van der Waals surface area contributed by atoms with Crippen LogP contribution >= 0.6 is 15.9 Å². The fraction of sp³-hybridized carbons (Fsp3) is 0.400. The minimum Gasteiger partial charge on any atom is -0.350 e. The molecule has 1 N–H and O–H groups in total. The lowest BCUT2D eigenvalue weighted by Crippen LogP contribution is -2.27. The first-order valence-electron chi connectivity index (χ1n) is 6.36. The van der Waals surface area contributed by atoms with Crippen molar-refractivity contribution in [1.82, 2.24) is 5.32 Å². The van der Waals surface area contributed by atoms with E-state index in [2.05, 4.69) is 33.4 Å². The molecule has 18 heavy (non-hydrogen) atoms. The zero-order valence-electron chi connectivity index (χ0n) is 10.5. The molecular weight excluding hydrogens is 290 g/mol. The number of hydrogen-bond donors (Lipinski definition) is 1. The summed E-state index contributed by atoms with van der Waals surface area (Å²) in [5, 5.41) is 3.06. The van der Waals surface area contributed by atoms with Crippen LogP contribution in [0.25, 0.3) is 0 Å². The quantitative estimate of drug-likeness (QED) is 0.838. The number of nitrogens with one attached hydrogen (secondary N) is 1. The molecule has 1 aliphatic rings. The Morgan fingerprint density at radius 2 is 2.39 bits per heavy atom. The minimum absolute atomic E-state index is 0.0559. The number of allylic oxidation sites excluding steroid dienone is 2. The first-order chi connectivity index (χ1) is 8.65. The fourth-order valence-corrected chi connectivity index (χ4v) is 2.68. The van der Waals surface area contributed by atoms with E-state index in [-0.39, 0.29) is 11.9 Å². The van der Waals surface area contributed by atoms with Crippen LogP contribution in [0.5, 0.6) is 0 Å². The Bertz CT molecular complexity index is 456. The molecule has 0 saturated heterocycles. The molecule has 1 amide bonds. The molecule has 1 aromatic rings. The summed E-state index contributed by atoms with van der Waals surface area (Å²) in [7, 11) is 0. The van der Waals surface area contributed by atoms with Crippen molar-refractivity contribution >= 4 is 21.8 Å². The molecule has 0 spiro atoms. The van der Waals surface area contributed by atoms with Crippen molar-refractivity contribution in [3.63, 3.8) is 0 Å². The van der Waals surface area contributed by atoms with E-state index < -0.39 is 0 Å². The van der Waals surface area contributed by atoms with Crippen LogP contribution in [0.2, 0.25) is 0 Å². The monoisotopic (exact) mass is 307 g/mol. The van der Waals surface area contributed by atoms with Crippen LogP contribution in [0, 0.1) is 5.92 Å². The molecule has 0 heterocycles. The summed E-state index contributed by atoms with van der Waals surface area (Å²) in [6, 6.07) is 8.11. The molecule has 2 atom stereocenters. The molecule has 2 rings (SSSR count). The molecule has 1 aromatic carbocycles. The zero-order chi connectivity index (χ0) is 13.0. The highest BCUT2D eigenvalue weighted by Gasteiger charge is 2.16. The molecule has 2 nitrogen and oxygen atoms in total. The lowest BCUT2D eigenvalue weighted by Gasteiger charge is -2.16. The molecule has 0 aliphatic heterocycles. The second-order valence-corrected chi connectivity index (χ2v) is 5.73. The van der Waals surface area contributed by atoms with E-state index in [0.29, 0.717) is 12.3 Å². The zero-order valence-corrected chi connectivity index (χ0v) is 12.1. The van der Waals surface area contributed by atoms with E-state index in [1.165, 1.54) is 0 Å². The Morgan fingerprint density at radius 3 is 3.06 bits per heavy atom. The third-order valence-corrected chi connectivity index (χ3v) is 3.78. The summed E-state index contributed by atoms with van der Waals surface area (Å²) in [5.74, 6) is 0.568. The van der Waals surface area contributed by atoms with Gasteiger partial charge < -0.3 is 5.32 Å². The van der Waals surface area contributed by atoms with Crippen molar-refractivity contribution in [1.29, 1.82) is 0 Å². The average Bonchev–Trinajstić information content (AvgIpc) is 2.81. The van der Waals surface area contributed by atoms with Gasteiger partial charge in [-0.2, -0.15) is 0 Å². The number of hydrogen-bond acceptors (Lipinski definition) is 1. The maximum Gasteiger partial charge on any atom is 0.221 e. The number of rotatable bonds is 4. The highest BCUT2D eigenvalue weighted by atomic mass is 79.9. The van der Waals surface area contributed by atoms with E-state index >= 15 is 0 Å². The van der Waals surface area contributed by atoms with Gasteiger partial charge in [-0.05, 0) is 43.4 Å². The maximum absolute atomic E-state index is 11.9. The Kier molecular flexibility index (Phi) is 4.59. The van der Waals surface area contributed by atoms with Crippen molar-refractivity contribution in [3.05, 3.63) is 46.5 Å². The van der Waals surface area contributed by atoms with Crippen molar-refractivity contribution in [2.45, 2.75) is 32.2 Å².